The predicted molar refractivity (Wildman–Crippen MR) is 77.1 cm³/mol. The van der Waals surface area contributed by atoms with Gasteiger partial charge in [0, 0.05) is 23.9 Å². The summed E-state index contributed by atoms with van der Waals surface area (Å²) in [6.45, 7) is 5.11. The lowest BCUT2D eigenvalue weighted by molar-refractivity contribution is 0.452. The van der Waals surface area contributed by atoms with Gasteiger partial charge < -0.3 is 9.73 Å². The summed E-state index contributed by atoms with van der Waals surface area (Å²) >= 11 is 1.70. The quantitative estimate of drug-likeness (QED) is 0.789. The Morgan fingerprint density at radius 1 is 1.16 bits per heavy atom. The topological polar surface area (TPSA) is 51.0 Å². The highest BCUT2D eigenvalue weighted by Gasteiger charge is 2.06. The zero-order chi connectivity index (χ0) is 13.5. The van der Waals surface area contributed by atoms with E-state index in [0.717, 1.165) is 13.0 Å². The fourth-order valence-electron chi connectivity index (χ4n) is 1.58. The minimum atomic E-state index is 0.482. The Balaban J connectivity index is 1.77. The number of rotatable bonds is 7. The van der Waals surface area contributed by atoms with Crippen molar-refractivity contribution in [3.63, 3.8) is 0 Å². The van der Waals surface area contributed by atoms with Gasteiger partial charge in [0.2, 0.25) is 11.8 Å². The third-order valence-corrected chi connectivity index (χ3v) is 3.50. The van der Waals surface area contributed by atoms with Gasteiger partial charge in [0.05, 0.1) is 5.75 Å². The normalized spacial score (nSPS) is 11.1. The molecule has 2 aromatic rings. The molecule has 1 heterocycles. The van der Waals surface area contributed by atoms with Crippen LogP contribution in [0.25, 0.3) is 0 Å². The highest BCUT2D eigenvalue weighted by Crippen LogP contribution is 2.21. The Kier molecular flexibility index (Phi) is 5.42. The maximum Gasteiger partial charge on any atom is 0.226 e. The lowest BCUT2D eigenvalue weighted by Crippen LogP contribution is -2.25. The lowest BCUT2D eigenvalue weighted by Gasteiger charge is -2.04. The molecule has 1 N–H and O–H groups in total. The zero-order valence-corrected chi connectivity index (χ0v) is 12.1. The number of thioether (sulfide) groups is 1. The van der Waals surface area contributed by atoms with E-state index in [4.69, 9.17) is 4.42 Å². The molecule has 19 heavy (non-hydrogen) atoms. The van der Waals surface area contributed by atoms with Gasteiger partial charge >= 0.3 is 0 Å². The molecule has 102 valence electrons. The number of hydrogen-bond donors (Lipinski definition) is 1. The van der Waals surface area contributed by atoms with Crippen molar-refractivity contribution < 1.29 is 4.42 Å². The summed E-state index contributed by atoms with van der Waals surface area (Å²) in [6.07, 6.45) is 0.779. The molecule has 0 aliphatic heterocycles. The van der Waals surface area contributed by atoms with Gasteiger partial charge in [0.1, 0.15) is 0 Å². The largest absolute Gasteiger partial charge is 0.424 e. The Labute approximate surface area is 118 Å². The van der Waals surface area contributed by atoms with Crippen LogP contribution in [0.1, 0.15) is 25.6 Å². The summed E-state index contributed by atoms with van der Waals surface area (Å²) in [5, 5.41) is 11.4. The molecule has 0 radical (unpaired) electrons. The first-order chi connectivity index (χ1) is 9.24. The summed E-state index contributed by atoms with van der Waals surface area (Å²) < 4.78 is 5.60. The van der Waals surface area contributed by atoms with Gasteiger partial charge in [0.25, 0.3) is 0 Å². The van der Waals surface area contributed by atoms with E-state index in [0.29, 0.717) is 23.6 Å². The highest BCUT2D eigenvalue weighted by atomic mass is 32.2. The molecule has 0 spiro atoms. The molecule has 1 aromatic carbocycles. The molecule has 0 aliphatic rings. The van der Waals surface area contributed by atoms with Gasteiger partial charge in [-0.05, 0) is 12.1 Å². The molecule has 2 rings (SSSR count). The second-order valence-corrected chi connectivity index (χ2v) is 5.60. The van der Waals surface area contributed by atoms with Crippen molar-refractivity contribution in [3.8, 4) is 0 Å². The van der Waals surface area contributed by atoms with Crippen LogP contribution in [0.3, 0.4) is 0 Å². The molecule has 0 bridgehead atoms. The average Bonchev–Trinajstić information content (AvgIpc) is 2.85. The van der Waals surface area contributed by atoms with Gasteiger partial charge in [-0.25, -0.2) is 0 Å². The third kappa shape index (κ3) is 5.04. The van der Waals surface area contributed by atoms with E-state index in [1.807, 2.05) is 18.2 Å². The molecule has 0 fully saturated rings. The highest BCUT2D eigenvalue weighted by molar-refractivity contribution is 7.98. The van der Waals surface area contributed by atoms with Crippen LogP contribution in [0, 0.1) is 0 Å². The van der Waals surface area contributed by atoms with Crippen molar-refractivity contribution in [1.29, 1.82) is 0 Å². The summed E-state index contributed by atoms with van der Waals surface area (Å²) in [7, 11) is 0. The van der Waals surface area contributed by atoms with Gasteiger partial charge in [-0.15, -0.1) is 22.0 Å². The molecule has 1 aromatic heterocycles. The number of benzene rings is 1. The fraction of sp³-hybridized carbons (Fsp3) is 0.429. The maximum atomic E-state index is 5.60. The van der Waals surface area contributed by atoms with Gasteiger partial charge in [-0.1, -0.05) is 32.0 Å². The molecular formula is C14H19N3OS. The molecular weight excluding hydrogens is 258 g/mol. The monoisotopic (exact) mass is 277 g/mol. The van der Waals surface area contributed by atoms with Crippen molar-refractivity contribution in [2.24, 2.45) is 0 Å². The van der Waals surface area contributed by atoms with E-state index in [-0.39, 0.29) is 0 Å². The van der Waals surface area contributed by atoms with E-state index in [2.05, 4.69) is 41.5 Å². The minimum Gasteiger partial charge on any atom is -0.424 e. The SMILES string of the molecule is CC(C)NCCc1nnc(CSc2ccccc2)o1. The van der Waals surface area contributed by atoms with E-state index in [1.54, 1.807) is 11.8 Å². The van der Waals surface area contributed by atoms with E-state index in [9.17, 15) is 0 Å². The smallest absolute Gasteiger partial charge is 0.226 e. The molecule has 4 nitrogen and oxygen atoms in total. The van der Waals surface area contributed by atoms with Gasteiger partial charge in [-0.3, -0.25) is 0 Å². The summed E-state index contributed by atoms with van der Waals surface area (Å²) in [5.74, 6) is 2.11. The van der Waals surface area contributed by atoms with Crippen LogP contribution in [0.5, 0.6) is 0 Å². The van der Waals surface area contributed by atoms with Crippen LogP contribution in [0.2, 0.25) is 0 Å². The van der Waals surface area contributed by atoms with Crippen LogP contribution in [-0.4, -0.2) is 22.8 Å². The third-order valence-electron chi connectivity index (χ3n) is 2.51. The molecule has 0 amide bonds. The van der Waals surface area contributed by atoms with Gasteiger partial charge in [-0.2, -0.15) is 0 Å². The van der Waals surface area contributed by atoms with Crippen molar-refractivity contribution in [2.75, 3.05) is 6.54 Å². The number of hydrogen-bond acceptors (Lipinski definition) is 5. The maximum absolute atomic E-state index is 5.60. The van der Waals surface area contributed by atoms with Crippen LogP contribution < -0.4 is 5.32 Å². The molecule has 0 unspecified atom stereocenters. The first-order valence-electron chi connectivity index (χ1n) is 6.46. The molecule has 0 saturated heterocycles. The molecule has 0 saturated carbocycles. The van der Waals surface area contributed by atoms with Crippen LogP contribution in [0.4, 0.5) is 0 Å². The van der Waals surface area contributed by atoms with Crippen molar-refractivity contribution in [1.82, 2.24) is 15.5 Å². The lowest BCUT2D eigenvalue weighted by atomic mass is 10.3. The zero-order valence-electron chi connectivity index (χ0n) is 11.3. The summed E-state index contributed by atoms with van der Waals surface area (Å²) in [5.41, 5.74) is 0. The van der Waals surface area contributed by atoms with E-state index >= 15 is 0 Å². The Hall–Kier alpha value is -1.33. The minimum absolute atomic E-state index is 0.482. The number of nitrogens with one attached hydrogen (secondary N) is 1. The Bertz CT molecular complexity index is 484. The summed E-state index contributed by atoms with van der Waals surface area (Å²) in [4.78, 5) is 1.21. The second kappa shape index (κ2) is 7.31. The first kappa shape index (κ1) is 14.1. The number of nitrogens with zero attached hydrogens (tertiary/aromatic N) is 2. The second-order valence-electron chi connectivity index (χ2n) is 4.55. The standard InChI is InChI=1S/C14H19N3OS/c1-11(2)15-9-8-13-16-17-14(18-13)10-19-12-6-4-3-5-7-12/h3-7,11,15H,8-10H2,1-2H3. The Morgan fingerprint density at radius 3 is 2.63 bits per heavy atom. The fourth-order valence-corrected chi connectivity index (χ4v) is 2.33. The summed E-state index contributed by atoms with van der Waals surface area (Å²) in [6, 6.07) is 10.7. The Morgan fingerprint density at radius 2 is 1.89 bits per heavy atom. The van der Waals surface area contributed by atoms with Crippen molar-refractivity contribution >= 4 is 11.8 Å². The molecule has 0 aliphatic carbocycles. The van der Waals surface area contributed by atoms with Gasteiger partial charge in [0.15, 0.2) is 0 Å². The van der Waals surface area contributed by atoms with Crippen LogP contribution >= 0.6 is 11.8 Å². The van der Waals surface area contributed by atoms with E-state index in [1.165, 1.54) is 4.90 Å². The predicted octanol–water partition coefficient (Wildman–Crippen LogP) is 2.90. The van der Waals surface area contributed by atoms with Crippen LogP contribution in [-0.2, 0) is 12.2 Å². The van der Waals surface area contributed by atoms with Crippen LogP contribution in [0.15, 0.2) is 39.6 Å². The van der Waals surface area contributed by atoms with Crippen molar-refractivity contribution in [3.05, 3.63) is 42.1 Å². The first-order valence-corrected chi connectivity index (χ1v) is 7.45. The number of aromatic nitrogens is 2. The van der Waals surface area contributed by atoms with E-state index < -0.39 is 0 Å². The van der Waals surface area contributed by atoms with Crippen molar-refractivity contribution in [2.45, 2.75) is 37.0 Å². The molecule has 0 atom stereocenters. The average molecular weight is 277 g/mol. The molecule has 5 heteroatoms.